The number of primary amides is 1. The number of nitrogens with one attached hydrogen (secondary N) is 1. The fourth-order valence-corrected chi connectivity index (χ4v) is 8.08. The number of unbranched alkanes of at least 4 members (excludes halogenated alkanes) is 3. The standard InChI is InChI=1S/C38H51N5O8S2/c1-37(2)28-24-26(52(46,47)48)18-20-31(28)42(5)33(37)15-8-6-9-16-34-38(3,4)29-25-27(53(49,50)51)19-21-32(29)43(34)23-13-7-10-17-35(44)41-22-12-11-14-30(39)36(40)45/h6,8-9,15-16,18-21,24-25,30H,7,10-14,17,22-23,39H2,1-5H3,(H4-,40,41,44,45,46,47,48,49,50,51)/p+1/t30-/m1/s1. The largest absolute Gasteiger partial charge is 0.368 e. The molecule has 4 rings (SSSR count). The number of hydrogen-bond donors (Lipinski definition) is 5. The third kappa shape index (κ3) is 9.70. The fraction of sp³-hybridized carbons (Fsp3) is 0.447. The van der Waals surface area contributed by atoms with Gasteiger partial charge in [-0.3, -0.25) is 18.7 Å². The number of benzene rings is 2. The number of allylic oxidation sites excluding steroid dienone is 6. The van der Waals surface area contributed by atoms with E-state index >= 15 is 0 Å². The monoisotopic (exact) mass is 770 g/mol. The van der Waals surface area contributed by atoms with Crippen LogP contribution >= 0.6 is 0 Å². The van der Waals surface area contributed by atoms with Crippen molar-refractivity contribution in [2.24, 2.45) is 11.5 Å². The minimum absolute atomic E-state index is 0.0366. The second-order valence-corrected chi connectivity index (χ2v) is 17.5. The summed E-state index contributed by atoms with van der Waals surface area (Å²) in [5.41, 5.74) is 14.8. The minimum atomic E-state index is -4.41. The van der Waals surface area contributed by atoms with Crippen molar-refractivity contribution < 1.29 is 40.1 Å². The average Bonchev–Trinajstić information content (AvgIpc) is 3.40. The molecular formula is C38H52N5O8S2+. The smallest absolute Gasteiger partial charge is 0.294 e. The van der Waals surface area contributed by atoms with E-state index in [0.29, 0.717) is 45.2 Å². The second kappa shape index (κ2) is 16.5. The molecule has 0 fully saturated rings. The van der Waals surface area contributed by atoms with Crippen molar-refractivity contribution in [3.05, 3.63) is 83.6 Å². The van der Waals surface area contributed by atoms with Gasteiger partial charge in [0, 0.05) is 54.0 Å². The van der Waals surface area contributed by atoms with Gasteiger partial charge in [-0.05, 0) is 87.9 Å². The van der Waals surface area contributed by atoms with Crippen molar-refractivity contribution in [1.29, 1.82) is 0 Å². The predicted octanol–water partition coefficient (Wildman–Crippen LogP) is 4.64. The number of nitrogens with two attached hydrogens (primary N) is 2. The topological polar surface area (TPSA) is 213 Å². The van der Waals surface area contributed by atoms with E-state index in [9.17, 15) is 35.5 Å². The minimum Gasteiger partial charge on any atom is -0.368 e. The van der Waals surface area contributed by atoms with Gasteiger partial charge in [-0.1, -0.05) is 38.5 Å². The summed E-state index contributed by atoms with van der Waals surface area (Å²) in [6.07, 6.45) is 14.2. The third-order valence-electron chi connectivity index (χ3n) is 10.1. The summed E-state index contributed by atoms with van der Waals surface area (Å²) >= 11 is 0. The Morgan fingerprint density at radius 3 is 2.15 bits per heavy atom. The van der Waals surface area contributed by atoms with Crippen LogP contribution in [0.25, 0.3) is 0 Å². The molecule has 13 nitrogen and oxygen atoms in total. The first kappa shape index (κ1) is 41.6. The van der Waals surface area contributed by atoms with Crippen LogP contribution in [0.2, 0.25) is 0 Å². The molecule has 2 amide bonds. The molecule has 288 valence electrons. The molecule has 0 saturated carbocycles. The molecule has 15 heteroatoms. The molecule has 0 saturated heterocycles. The quantitative estimate of drug-likeness (QED) is 0.0651. The number of fused-ring (bicyclic) bond motifs is 2. The van der Waals surface area contributed by atoms with Gasteiger partial charge in [0.2, 0.25) is 17.5 Å². The Kier molecular flexibility index (Phi) is 12.9. The van der Waals surface area contributed by atoms with Crippen LogP contribution in [0.3, 0.4) is 0 Å². The number of nitrogens with zero attached hydrogens (tertiary/aromatic N) is 2. The van der Waals surface area contributed by atoms with Gasteiger partial charge < -0.3 is 21.7 Å². The fourth-order valence-electron chi connectivity index (χ4n) is 7.07. The van der Waals surface area contributed by atoms with E-state index in [4.69, 9.17) is 11.5 Å². The van der Waals surface area contributed by atoms with Crippen molar-refractivity contribution in [1.82, 2.24) is 5.32 Å². The molecule has 2 aromatic carbocycles. The zero-order valence-electron chi connectivity index (χ0n) is 31.0. The molecule has 2 heterocycles. The van der Waals surface area contributed by atoms with Gasteiger partial charge in [0.05, 0.1) is 21.2 Å². The van der Waals surface area contributed by atoms with E-state index in [-0.39, 0.29) is 15.7 Å². The van der Waals surface area contributed by atoms with Gasteiger partial charge in [-0.2, -0.15) is 21.4 Å². The van der Waals surface area contributed by atoms with Crippen molar-refractivity contribution in [2.45, 2.75) is 99.3 Å². The zero-order valence-corrected chi connectivity index (χ0v) is 32.6. The molecule has 0 radical (unpaired) electrons. The molecule has 2 aliphatic rings. The maximum Gasteiger partial charge on any atom is 0.294 e. The highest BCUT2D eigenvalue weighted by molar-refractivity contribution is 7.86. The third-order valence-corrected chi connectivity index (χ3v) is 11.8. The molecule has 0 aliphatic carbocycles. The van der Waals surface area contributed by atoms with Crippen LogP contribution in [0.4, 0.5) is 11.4 Å². The number of carbonyl (C=O) groups is 2. The SMILES string of the molecule is C[N+]1=C(/C=C/C=C/C=C2/N(CCCCCC(=O)NCCCC[C@@H](N)C(N)=O)c3ccc(S(=O)(=O)O)cc3C2(C)C)C(C)(C)c2cc(S(=O)(=O)O)ccc21. The van der Waals surface area contributed by atoms with Crippen molar-refractivity contribution in [2.75, 3.05) is 25.0 Å². The van der Waals surface area contributed by atoms with Gasteiger partial charge in [-0.15, -0.1) is 0 Å². The van der Waals surface area contributed by atoms with Crippen LogP contribution in [-0.2, 0) is 40.7 Å². The average molecular weight is 771 g/mol. The molecular weight excluding hydrogens is 719 g/mol. The lowest BCUT2D eigenvalue weighted by molar-refractivity contribution is -0.401. The van der Waals surface area contributed by atoms with E-state index in [2.05, 4.69) is 10.2 Å². The van der Waals surface area contributed by atoms with Gasteiger partial charge in [-0.25, -0.2) is 0 Å². The van der Waals surface area contributed by atoms with E-state index < -0.39 is 43.0 Å². The summed E-state index contributed by atoms with van der Waals surface area (Å²) < 4.78 is 69.0. The summed E-state index contributed by atoms with van der Waals surface area (Å²) in [6.45, 7) is 9.12. The first-order valence-electron chi connectivity index (χ1n) is 17.7. The summed E-state index contributed by atoms with van der Waals surface area (Å²) in [7, 11) is -6.85. The van der Waals surface area contributed by atoms with Crippen LogP contribution < -0.4 is 21.7 Å². The Bertz CT molecular complexity index is 2080. The molecule has 1 atom stereocenters. The Morgan fingerprint density at radius 2 is 1.51 bits per heavy atom. The lowest BCUT2D eigenvalue weighted by atomic mass is 9.81. The van der Waals surface area contributed by atoms with Crippen LogP contribution in [0.15, 0.2) is 82.3 Å². The Hall–Kier alpha value is -4.15. The molecule has 2 aromatic rings. The normalized spacial score (nSPS) is 17.9. The number of carbonyl (C=O) groups excluding carboxylic acids is 2. The highest BCUT2D eigenvalue weighted by Gasteiger charge is 2.44. The van der Waals surface area contributed by atoms with Crippen molar-refractivity contribution in [3.63, 3.8) is 0 Å². The first-order chi connectivity index (χ1) is 24.7. The molecule has 0 unspecified atom stereocenters. The van der Waals surface area contributed by atoms with E-state index in [1.54, 1.807) is 12.1 Å². The molecule has 0 bridgehead atoms. The molecule has 2 aliphatic heterocycles. The van der Waals surface area contributed by atoms with Gasteiger partial charge in [0.25, 0.3) is 20.2 Å². The highest BCUT2D eigenvalue weighted by Crippen LogP contribution is 2.48. The highest BCUT2D eigenvalue weighted by atomic mass is 32.2. The second-order valence-electron chi connectivity index (χ2n) is 14.6. The number of hydrogen-bond acceptors (Lipinski definition) is 8. The Labute approximate surface area is 313 Å². The lowest BCUT2D eigenvalue weighted by Gasteiger charge is -2.27. The molecule has 0 spiro atoms. The van der Waals surface area contributed by atoms with Crippen molar-refractivity contribution in [3.8, 4) is 0 Å². The predicted molar refractivity (Wildman–Crippen MR) is 206 cm³/mol. The first-order valence-corrected chi connectivity index (χ1v) is 20.5. The van der Waals surface area contributed by atoms with E-state index in [1.807, 2.05) is 69.7 Å². The molecule has 53 heavy (non-hydrogen) atoms. The van der Waals surface area contributed by atoms with Gasteiger partial charge in [0.15, 0.2) is 5.71 Å². The maximum atomic E-state index is 12.4. The zero-order chi connectivity index (χ0) is 39.4. The summed E-state index contributed by atoms with van der Waals surface area (Å²) in [6, 6.07) is 8.56. The van der Waals surface area contributed by atoms with E-state index in [1.165, 1.54) is 24.3 Å². The van der Waals surface area contributed by atoms with Crippen LogP contribution in [-0.4, -0.2) is 74.2 Å². The molecule has 7 N–H and O–H groups in total. The lowest BCUT2D eigenvalue weighted by Crippen LogP contribution is -2.36. The van der Waals surface area contributed by atoms with Gasteiger partial charge >= 0.3 is 0 Å². The van der Waals surface area contributed by atoms with Crippen LogP contribution in [0.5, 0.6) is 0 Å². The molecule has 0 aromatic heterocycles. The number of amides is 2. The Morgan fingerprint density at radius 1 is 0.868 bits per heavy atom. The van der Waals surface area contributed by atoms with Crippen LogP contribution in [0, 0.1) is 0 Å². The Balaban J connectivity index is 1.44. The van der Waals surface area contributed by atoms with Crippen LogP contribution in [0.1, 0.15) is 83.8 Å². The summed E-state index contributed by atoms with van der Waals surface area (Å²) in [5, 5.41) is 2.90. The van der Waals surface area contributed by atoms with Gasteiger partial charge in [0.1, 0.15) is 7.05 Å². The van der Waals surface area contributed by atoms with Crippen molar-refractivity contribution >= 4 is 49.1 Å². The number of anilines is 1. The summed E-state index contributed by atoms with van der Waals surface area (Å²) in [5.74, 6) is -0.567. The van der Waals surface area contributed by atoms with E-state index in [0.717, 1.165) is 46.8 Å². The summed E-state index contributed by atoms with van der Waals surface area (Å²) in [4.78, 5) is 25.2. The number of rotatable bonds is 17. The maximum absolute atomic E-state index is 12.4.